The fourth-order valence-corrected chi connectivity index (χ4v) is 6.57. The van der Waals surface area contributed by atoms with E-state index >= 15 is 0 Å². The second kappa shape index (κ2) is 10.3. The molecule has 0 unspecified atom stereocenters. The van der Waals surface area contributed by atoms with Crippen LogP contribution >= 0.6 is 34.3 Å². The van der Waals surface area contributed by atoms with Crippen molar-refractivity contribution in [1.29, 1.82) is 0 Å². The maximum Gasteiger partial charge on any atom is 0.338 e. The van der Waals surface area contributed by atoms with Gasteiger partial charge in [0.05, 0.1) is 28.6 Å². The number of nitrogens with zero attached hydrogens (tertiary/aromatic N) is 4. The van der Waals surface area contributed by atoms with Gasteiger partial charge in [0.1, 0.15) is 11.7 Å². The molecule has 0 bridgehead atoms. The highest BCUT2D eigenvalue weighted by molar-refractivity contribution is 7.10. The van der Waals surface area contributed by atoms with Crippen LogP contribution < -0.4 is 14.9 Å². The van der Waals surface area contributed by atoms with Crippen LogP contribution in [0.4, 0.5) is 0 Å². The third kappa shape index (κ3) is 4.58. The summed E-state index contributed by atoms with van der Waals surface area (Å²) in [5, 5.41) is 7.40. The number of ether oxygens (including phenoxy) is 1. The molecular formula is C29H21ClN4O3S2. The van der Waals surface area contributed by atoms with Crippen molar-refractivity contribution in [2.75, 3.05) is 7.11 Å². The molecule has 0 fully saturated rings. The molecule has 0 N–H and O–H groups in total. The molecule has 0 aliphatic carbocycles. The highest BCUT2D eigenvalue weighted by atomic mass is 35.5. The summed E-state index contributed by atoms with van der Waals surface area (Å²) in [6, 6.07) is 20.4. The van der Waals surface area contributed by atoms with Gasteiger partial charge in [0.15, 0.2) is 4.80 Å². The first kappa shape index (κ1) is 25.2. The molecule has 1 aliphatic heterocycles. The zero-order valence-electron chi connectivity index (χ0n) is 20.9. The Hall–Kier alpha value is -4.05. The second-order valence-electron chi connectivity index (χ2n) is 8.81. The molecule has 1 atom stereocenters. The Morgan fingerprint density at radius 3 is 2.54 bits per heavy atom. The second-order valence-corrected chi connectivity index (χ2v) is 11.2. The number of thiophene rings is 1. The zero-order chi connectivity index (χ0) is 27.1. The lowest BCUT2D eigenvalue weighted by Crippen LogP contribution is -2.39. The van der Waals surface area contributed by atoms with E-state index in [2.05, 4.69) is 4.99 Å². The van der Waals surface area contributed by atoms with Crippen LogP contribution in [0, 0.1) is 0 Å². The number of carbonyl (C=O) groups is 1. The summed E-state index contributed by atoms with van der Waals surface area (Å²) in [5.74, 6) is -0.502. The molecule has 1 aliphatic rings. The lowest BCUT2D eigenvalue weighted by molar-refractivity contribution is -0.136. The first-order valence-corrected chi connectivity index (χ1v) is 14.1. The fourth-order valence-electron chi connectivity index (χ4n) is 4.59. The molecule has 0 amide bonds. The number of hydrogen-bond donors (Lipinski definition) is 0. The van der Waals surface area contributed by atoms with Gasteiger partial charge in [0.25, 0.3) is 5.56 Å². The maximum atomic E-state index is 13.9. The van der Waals surface area contributed by atoms with Gasteiger partial charge in [-0.15, -0.1) is 11.3 Å². The molecule has 4 heterocycles. The molecule has 7 nitrogen and oxygen atoms in total. The summed E-state index contributed by atoms with van der Waals surface area (Å²) in [6.45, 7) is 1.77. The molecule has 0 saturated carbocycles. The molecule has 3 aromatic heterocycles. The Labute approximate surface area is 236 Å². The number of esters is 1. The van der Waals surface area contributed by atoms with E-state index in [1.165, 1.54) is 29.8 Å². The van der Waals surface area contributed by atoms with Crippen LogP contribution in [0.5, 0.6) is 0 Å². The fraction of sp³-hybridized carbons (Fsp3) is 0.103. The first-order chi connectivity index (χ1) is 18.9. The zero-order valence-corrected chi connectivity index (χ0v) is 23.3. The molecule has 10 heteroatoms. The van der Waals surface area contributed by atoms with Crippen LogP contribution in [-0.2, 0) is 9.53 Å². The minimum absolute atomic E-state index is 0.236. The molecular weight excluding hydrogens is 552 g/mol. The Bertz CT molecular complexity index is 1900. The average Bonchev–Trinajstić information content (AvgIpc) is 3.69. The predicted molar refractivity (Wildman–Crippen MR) is 154 cm³/mol. The number of fused-ring (bicyclic) bond motifs is 1. The molecule has 5 aromatic rings. The van der Waals surface area contributed by atoms with Crippen LogP contribution in [0.1, 0.15) is 23.4 Å². The monoisotopic (exact) mass is 572 g/mol. The van der Waals surface area contributed by atoms with E-state index in [4.69, 9.17) is 21.4 Å². The van der Waals surface area contributed by atoms with Crippen molar-refractivity contribution in [2.45, 2.75) is 13.0 Å². The Balaban J connectivity index is 1.56. The Kier molecular flexibility index (Phi) is 6.64. The Morgan fingerprint density at radius 2 is 1.85 bits per heavy atom. The number of aromatic nitrogens is 3. The summed E-state index contributed by atoms with van der Waals surface area (Å²) in [6.07, 6.45) is 3.74. The number of allylic oxidation sites excluding steroid dienone is 1. The van der Waals surface area contributed by atoms with Crippen LogP contribution in [-0.4, -0.2) is 27.4 Å². The van der Waals surface area contributed by atoms with Gasteiger partial charge in [-0.1, -0.05) is 59.3 Å². The third-order valence-electron chi connectivity index (χ3n) is 6.41. The molecule has 0 radical (unpaired) electrons. The number of carbonyl (C=O) groups excluding carboxylic acids is 1. The molecule has 0 spiro atoms. The van der Waals surface area contributed by atoms with Crippen LogP contribution in [0.3, 0.4) is 0 Å². The van der Waals surface area contributed by atoms with Gasteiger partial charge < -0.3 is 4.74 Å². The van der Waals surface area contributed by atoms with Crippen LogP contribution in [0.2, 0.25) is 5.02 Å². The van der Waals surface area contributed by atoms with Crippen molar-refractivity contribution in [3.63, 3.8) is 0 Å². The van der Waals surface area contributed by atoms with Gasteiger partial charge >= 0.3 is 5.97 Å². The van der Waals surface area contributed by atoms with Crippen molar-refractivity contribution in [3.8, 4) is 16.9 Å². The van der Waals surface area contributed by atoms with Gasteiger partial charge in [-0.05, 0) is 48.7 Å². The lowest BCUT2D eigenvalue weighted by atomic mass is 10.0. The quantitative estimate of drug-likeness (QED) is 0.278. The number of halogens is 1. The lowest BCUT2D eigenvalue weighted by Gasteiger charge is -2.22. The van der Waals surface area contributed by atoms with E-state index in [1.807, 2.05) is 84.4 Å². The summed E-state index contributed by atoms with van der Waals surface area (Å²) < 4.78 is 8.94. The maximum absolute atomic E-state index is 13.9. The van der Waals surface area contributed by atoms with E-state index in [0.29, 0.717) is 31.3 Å². The van der Waals surface area contributed by atoms with Gasteiger partial charge in [0, 0.05) is 27.2 Å². The minimum Gasteiger partial charge on any atom is -0.466 e. The van der Waals surface area contributed by atoms with Crippen LogP contribution in [0.15, 0.2) is 99.4 Å². The summed E-state index contributed by atoms with van der Waals surface area (Å²) in [5.41, 5.74) is 3.90. The first-order valence-electron chi connectivity index (χ1n) is 12.0. The standard InChI is InChI=1S/C29H21ClN4O3S2/c1-17-24(28(36)37-2)26(22-9-6-14-38-22)34-27(35)23(39-29(34)31-17)15-19-16-33(21-7-4-3-5-8-21)32-25(19)18-10-12-20(30)13-11-18/h3-16,26H,1-2H3/b23-15+/t26-/m0/s1. The van der Waals surface area contributed by atoms with E-state index < -0.39 is 12.0 Å². The molecule has 0 saturated heterocycles. The molecule has 194 valence electrons. The SMILES string of the molecule is COC(=O)C1=C(C)N=c2s/c(=C/c3cn(-c4ccccc4)nc3-c3ccc(Cl)cc3)c(=O)n2[C@H]1c1cccs1. The van der Waals surface area contributed by atoms with E-state index in [1.54, 1.807) is 16.2 Å². The van der Waals surface area contributed by atoms with Crippen molar-refractivity contribution in [2.24, 2.45) is 4.99 Å². The smallest absolute Gasteiger partial charge is 0.338 e. The van der Waals surface area contributed by atoms with Crippen molar-refractivity contribution in [1.82, 2.24) is 14.3 Å². The number of para-hydroxylation sites is 1. The normalized spacial score (nSPS) is 15.3. The Morgan fingerprint density at radius 1 is 1.08 bits per heavy atom. The third-order valence-corrected chi connectivity index (χ3v) is 8.57. The number of thiazole rings is 1. The predicted octanol–water partition coefficient (Wildman–Crippen LogP) is 4.98. The van der Waals surface area contributed by atoms with Gasteiger partial charge in [-0.2, -0.15) is 5.10 Å². The van der Waals surface area contributed by atoms with Crippen LogP contribution in [0.25, 0.3) is 23.0 Å². The van der Waals surface area contributed by atoms with E-state index in [0.717, 1.165) is 21.7 Å². The minimum atomic E-state index is -0.612. The van der Waals surface area contributed by atoms with E-state index in [9.17, 15) is 9.59 Å². The summed E-state index contributed by atoms with van der Waals surface area (Å²) in [4.78, 5) is 32.7. The molecule has 39 heavy (non-hydrogen) atoms. The molecule has 6 rings (SSSR count). The number of benzene rings is 2. The topological polar surface area (TPSA) is 78.5 Å². The average molecular weight is 573 g/mol. The van der Waals surface area contributed by atoms with Crippen molar-refractivity contribution >= 4 is 46.3 Å². The van der Waals surface area contributed by atoms with E-state index in [-0.39, 0.29) is 5.56 Å². The highest BCUT2D eigenvalue weighted by Gasteiger charge is 2.33. The largest absolute Gasteiger partial charge is 0.466 e. The van der Waals surface area contributed by atoms with Gasteiger partial charge in [-0.25, -0.2) is 14.5 Å². The summed E-state index contributed by atoms with van der Waals surface area (Å²) in [7, 11) is 1.34. The number of hydrogen-bond acceptors (Lipinski definition) is 7. The van der Waals surface area contributed by atoms with Gasteiger partial charge in [-0.3, -0.25) is 9.36 Å². The summed E-state index contributed by atoms with van der Waals surface area (Å²) >= 11 is 8.90. The number of methoxy groups -OCH3 is 1. The molecule has 2 aromatic carbocycles. The van der Waals surface area contributed by atoms with Gasteiger partial charge in [0.2, 0.25) is 0 Å². The van der Waals surface area contributed by atoms with Crippen molar-refractivity contribution < 1.29 is 9.53 Å². The van der Waals surface area contributed by atoms with Crippen molar-refractivity contribution in [3.05, 3.63) is 125 Å². The highest BCUT2D eigenvalue weighted by Crippen LogP contribution is 2.33. The number of rotatable bonds is 5.